The molecule has 0 saturated carbocycles. The number of benzene rings is 1. The van der Waals surface area contributed by atoms with Crippen LogP contribution in [-0.4, -0.2) is 5.71 Å². The van der Waals surface area contributed by atoms with Gasteiger partial charge >= 0.3 is 0 Å². The van der Waals surface area contributed by atoms with Crippen LogP contribution >= 0.6 is 46.2 Å². The van der Waals surface area contributed by atoms with Crippen LogP contribution in [0.25, 0.3) is 0 Å². The van der Waals surface area contributed by atoms with Crippen molar-refractivity contribution in [1.82, 2.24) is 0 Å². The summed E-state index contributed by atoms with van der Waals surface area (Å²) >= 11 is 9.45. The first-order chi connectivity index (χ1) is 8.08. The van der Waals surface area contributed by atoms with E-state index in [0.717, 1.165) is 26.1 Å². The van der Waals surface area contributed by atoms with E-state index in [-0.39, 0.29) is 0 Å². The largest absolute Gasteiger partial charge is 0.214 e. The molecule has 0 saturated heterocycles. The van der Waals surface area contributed by atoms with Crippen LogP contribution in [0, 0.1) is 0 Å². The highest BCUT2D eigenvalue weighted by Gasteiger charge is 2.08. The minimum atomic E-state index is 0.743. The van der Waals surface area contributed by atoms with Crippen molar-refractivity contribution in [2.45, 2.75) is 18.7 Å². The Kier molecular flexibility index (Phi) is 6.30. The van der Waals surface area contributed by atoms with E-state index in [0.29, 0.717) is 0 Å². The van der Waals surface area contributed by atoms with E-state index in [1.54, 1.807) is 11.8 Å². The van der Waals surface area contributed by atoms with Crippen LogP contribution in [0.15, 0.2) is 55.5 Å². The first-order valence-electron chi connectivity index (χ1n) is 5.03. The van der Waals surface area contributed by atoms with Crippen LogP contribution < -0.4 is 0 Å². The van der Waals surface area contributed by atoms with Gasteiger partial charge in [0.1, 0.15) is 0 Å². The van der Waals surface area contributed by atoms with Crippen molar-refractivity contribution >= 4 is 51.9 Å². The Balaban J connectivity index is 2.82. The van der Waals surface area contributed by atoms with Crippen LogP contribution in [0.5, 0.6) is 0 Å². The van der Waals surface area contributed by atoms with Gasteiger partial charge in [-0.1, -0.05) is 36.0 Å². The summed E-state index contributed by atoms with van der Waals surface area (Å²) in [6.07, 6.45) is 2.03. The van der Waals surface area contributed by atoms with Crippen LogP contribution in [-0.2, 0) is 0 Å². The molecule has 90 valence electrons. The minimum Gasteiger partial charge on any atom is -0.214 e. The van der Waals surface area contributed by atoms with E-state index in [9.17, 15) is 0 Å². The predicted molar refractivity (Wildman–Crippen MR) is 87.3 cm³/mol. The van der Waals surface area contributed by atoms with Gasteiger partial charge in [-0.3, -0.25) is 0 Å². The average Bonchev–Trinajstić information content (AvgIpc) is 2.32. The number of hydrogen-bond donors (Lipinski definition) is 0. The summed E-state index contributed by atoms with van der Waals surface area (Å²) in [5.74, 6) is 0. The molecule has 17 heavy (non-hydrogen) atoms. The normalized spacial score (nSPS) is 12.7. The fourth-order valence-corrected chi connectivity index (χ4v) is 2.98. The van der Waals surface area contributed by atoms with Crippen LogP contribution in [0.3, 0.4) is 0 Å². The Morgan fingerprint density at radius 2 is 2.00 bits per heavy atom. The quantitative estimate of drug-likeness (QED) is 0.372. The molecule has 0 aromatic heterocycles. The molecule has 1 aromatic carbocycles. The molecular weight excluding hydrogens is 365 g/mol. The minimum absolute atomic E-state index is 0.743. The molecule has 0 aliphatic carbocycles. The summed E-state index contributed by atoms with van der Waals surface area (Å²) in [4.78, 5) is 2.05. The average molecular weight is 378 g/mol. The molecule has 1 aromatic rings. The fourth-order valence-electron chi connectivity index (χ4n) is 1.16. The Hall–Kier alpha value is -0.260. The molecule has 0 unspecified atom stereocenters. The lowest BCUT2D eigenvalue weighted by Gasteiger charge is -2.08. The second-order valence-electron chi connectivity index (χ2n) is 3.38. The van der Waals surface area contributed by atoms with Gasteiger partial charge in [0, 0.05) is 14.8 Å². The van der Waals surface area contributed by atoms with Crippen LogP contribution in [0.2, 0.25) is 5.02 Å². The molecular formula is C13H13ClINS. The zero-order valence-electron chi connectivity index (χ0n) is 9.71. The Labute approximate surface area is 126 Å². The zero-order valence-corrected chi connectivity index (χ0v) is 13.4. The van der Waals surface area contributed by atoms with Gasteiger partial charge in [0.25, 0.3) is 0 Å². The van der Waals surface area contributed by atoms with Crippen molar-refractivity contribution in [2.75, 3.05) is 0 Å². The summed E-state index contributed by atoms with van der Waals surface area (Å²) in [6.45, 7) is 8.10. The smallest absolute Gasteiger partial charge is 0.0855 e. The van der Waals surface area contributed by atoms with E-state index >= 15 is 0 Å². The van der Waals surface area contributed by atoms with Gasteiger partial charge in [-0.05, 0) is 43.7 Å². The van der Waals surface area contributed by atoms with Gasteiger partial charge in [0.2, 0.25) is 0 Å². The summed E-state index contributed by atoms with van der Waals surface area (Å²) in [7, 11) is 0. The number of nitrogens with zero attached hydrogens (tertiary/aromatic N) is 1. The first kappa shape index (κ1) is 14.8. The highest BCUT2D eigenvalue weighted by molar-refractivity contribution is 14.1. The number of thioether (sulfide) groups is 1. The molecule has 0 amide bonds. The Morgan fingerprint density at radius 1 is 1.41 bits per heavy atom. The maximum absolute atomic E-state index is 5.85. The standard InChI is InChI=1S/C13H13ClINS/c1-4-9(2)13(16-15)10(3)17-12-7-5-11(14)6-8-12/h4-8H,3H2,1-2H3/b9-4+,16-13-. The third kappa shape index (κ3) is 4.48. The summed E-state index contributed by atoms with van der Waals surface area (Å²) in [5.41, 5.74) is 2.07. The number of allylic oxidation sites excluding steroid dienone is 3. The van der Waals surface area contributed by atoms with Gasteiger partial charge in [-0.25, -0.2) is 3.21 Å². The third-order valence-corrected chi connectivity index (χ3v) is 3.89. The molecule has 0 heterocycles. The van der Waals surface area contributed by atoms with E-state index in [1.807, 2.05) is 67.1 Å². The topological polar surface area (TPSA) is 12.4 Å². The second kappa shape index (κ2) is 7.24. The monoisotopic (exact) mass is 377 g/mol. The third-order valence-electron chi connectivity index (χ3n) is 2.21. The molecule has 4 heteroatoms. The lowest BCUT2D eigenvalue weighted by atomic mass is 10.2. The number of hydrogen-bond acceptors (Lipinski definition) is 2. The van der Waals surface area contributed by atoms with E-state index in [4.69, 9.17) is 11.6 Å². The lowest BCUT2D eigenvalue weighted by Crippen LogP contribution is -1.99. The van der Waals surface area contributed by atoms with Crippen molar-refractivity contribution in [3.63, 3.8) is 0 Å². The summed E-state index contributed by atoms with van der Waals surface area (Å²) in [5, 5.41) is 0.743. The van der Waals surface area contributed by atoms with Crippen LogP contribution in [0.4, 0.5) is 0 Å². The molecule has 0 aliphatic rings. The highest BCUT2D eigenvalue weighted by atomic mass is 127. The number of halogens is 2. The van der Waals surface area contributed by atoms with Crippen molar-refractivity contribution in [1.29, 1.82) is 0 Å². The fraction of sp³-hybridized carbons (Fsp3) is 0.154. The summed E-state index contributed by atoms with van der Waals surface area (Å²) < 4.78 is 4.24. The van der Waals surface area contributed by atoms with Gasteiger partial charge < -0.3 is 0 Å². The maximum atomic E-state index is 5.85. The number of rotatable bonds is 4. The van der Waals surface area contributed by atoms with Gasteiger partial charge in [-0.15, -0.1) is 0 Å². The highest BCUT2D eigenvalue weighted by Crippen LogP contribution is 2.29. The SMILES string of the molecule is C=C(Sc1ccc(Cl)cc1)C(=N\I)/C(C)=C/C. The molecule has 0 aliphatic heterocycles. The van der Waals surface area contributed by atoms with Crippen molar-refractivity contribution in [2.24, 2.45) is 3.21 Å². The van der Waals surface area contributed by atoms with E-state index in [2.05, 4.69) is 9.78 Å². The molecule has 1 nitrogen and oxygen atoms in total. The second-order valence-corrected chi connectivity index (χ2v) is 5.47. The molecule has 0 fully saturated rings. The Bertz CT molecular complexity index is 463. The van der Waals surface area contributed by atoms with E-state index < -0.39 is 0 Å². The van der Waals surface area contributed by atoms with Gasteiger partial charge in [0.05, 0.1) is 28.6 Å². The maximum Gasteiger partial charge on any atom is 0.0855 e. The molecule has 0 radical (unpaired) electrons. The van der Waals surface area contributed by atoms with Gasteiger partial charge in [-0.2, -0.15) is 0 Å². The molecule has 0 atom stereocenters. The van der Waals surface area contributed by atoms with Gasteiger partial charge in [0.15, 0.2) is 0 Å². The Morgan fingerprint density at radius 3 is 2.47 bits per heavy atom. The van der Waals surface area contributed by atoms with Crippen LogP contribution in [0.1, 0.15) is 13.8 Å². The zero-order chi connectivity index (χ0) is 12.8. The molecule has 0 bridgehead atoms. The molecule has 0 N–H and O–H groups in total. The van der Waals surface area contributed by atoms with Crippen molar-refractivity contribution in [3.8, 4) is 0 Å². The molecule has 0 spiro atoms. The lowest BCUT2D eigenvalue weighted by molar-refractivity contribution is 1.47. The molecule has 1 rings (SSSR count). The van der Waals surface area contributed by atoms with Crippen molar-refractivity contribution < 1.29 is 0 Å². The van der Waals surface area contributed by atoms with Crippen molar-refractivity contribution in [3.05, 3.63) is 52.4 Å². The first-order valence-corrected chi connectivity index (χ1v) is 7.19. The van der Waals surface area contributed by atoms with E-state index in [1.165, 1.54) is 0 Å². The predicted octanol–water partition coefficient (Wildman–Crippen LogP) is 5.70. The summed E-state index contributed by atoms with van der Waals surface area (Å²) in [6, 6.07) is 7.71.